The van der Waals surface area contributed by atoms with Gasteiger partial charge >= 0.3 is 0 Å². The molecule has 0 radical (unpaired) electrons. The highest BCUT2D eigenvalue weighted by Crippen LogP contribution is 2.33. The van der Waals surface area contributed by atoms with E-state index in [9.17, 15) is 61.0 Å². The molecular weight excluding hydrogens is 1080 g/mol. The van der Waals surface area contributed by atoms with E-state index in [0.29, 0.717) is 6.42 Å². The van der Waals surface area contributed by atoms with Gasteiger partial charge in [0, 0.05) is 6.42 Å². The molecular formula is C65H119NO18. The van der Waals surface area contributed by atoms with Crippen LogP contribution in [0.15, 0.2) is 36.5 Å². The van der Waals surface area contributed by atoms with Crippen LogP contribution in [-0.2, 0) is 33.2 Å². The molecule has 0 bridgehead atoms. The van der Waals surface area contributed by atoms with E-state index in [4.69, 9.17) is 28.4 Å². The van der Waals surface area contributed by atoms with Gasteiger partial charge in [0.1, 0.15) is 73.2 Å². The molecule has 12 N–H and O–H groups in total. The number of carbonyl (C=O) groups excluding carboxylic acids is 1. The Kier molecular flexibility index (Phi) is 43.5. The van der Waals surface area contributed by atoms with Crippen LogP contribution >= 0.6 is 0 Å². The normalized spacial score (nSPS) is 29.4. The lowest BCUT2D eigenvalue weighted by molar-refractivity contribution is -0.379. The summed E-state index contributed by atoms with van der Waals surface area (Å²) in [5.74, 6) is -0.279. The Morgan fingerprint density at radius 1 is 0.429 bits per heavy atom. The van der Waals surface area contributed by atoms with Crippen molar-refractivity contribution in [1.29, 1.82) is 0 Å². The topological polar surface area (TPSA) is 307 Å². The number of aliphatic hydroxyl groups excluding tert-OH is 11. The highest BCUT2D eigenvalue weighted by molar-refractivity contribution is 5.76. The van der Waals surface area contributed by atoms with Crippen LogP contribution < -0.4 is 5.32 Å². The van der Waals surface area contributed by atoms with Gasteiger partial charge in [0.15, 0.2) is 18.9 Å². The van der Waals surface area contributed by atoms with Crippen LogP contribution in [0.3, 0.4) is 0 Å². The van der Waals surface area contributed by atoms with Crippen molar-refractivity contribution in [2.45, 2.75) is 343 Å². The number of allylic oxidation sites excluding steroid dienone is 5. The van der Waals surface area contributed by atoms with Gasteiger partial charge in [-0.15, -0.1) is 0 Å². The van der Waals surface area contributed by atoms with E-state index in [1.807, 2.05) is 6.08 Å². The summed E-state index contributed by atoms with van der Waals surface area (Å²) in [7, 11) is 0. The number of carbonyl (C=O) groups is 1. The second-order valence-corrected chi connectivity index (χ2v) is 23.9. The molecule has 0 aromatic heterocycles. The number of rotatable bonds is 50. The summed E-state index contributed by atoms with van der Waals surface area (Å²) in [6.45, 7) is 1.72. The molecule has 84 heavy (non-hydrogen) atoms. The van der Waals surface area contributed by atoms with Crippen LogP contribution in [0.5, 0.6) is 0 Å². The second kappa shape index (κ2) is 47.9. The van der Waals surface area contributed by atoms with Gasteiger partial charge in [-0.3, -0.25) is 4.79 Å². The minimum Gasteiger partial charge on any atom is -0.394 e. The fraction of sp³-hybridized carbons (Fsp3) is 0.892. The Hall–Kier alpha value is -1.99. The maximum Gasteiger partial charge on any atom is 0.220 e. The SMILES string of the molecule is CCCCC/C=C\C/C=C\CCCCCCCCCCCC(=O)NC(COC1OC(CO)C(OC2OC(CO)C(OC3OC(CO)C(O)C(O)C3O)C(O)C2O)C(O)C1O)C(O)/C=C/CCCCCCCCCCCCCCCCCCCC. The zero-order valence-corrected chi connectivity index (χ0v) is 51.6. The van der Waals surface area contributed by atoms with Crippen molar-refractivity contribution >= 4 is 5.91 Å². The lowest BCUT2D eigenvalue weighted by atomic mass is 9.96. The number of hydrogen-bond donors (Lipinski definition) is 12. The number of nitrogens with one attached hydrogen (secondary N) is 1. The molecule has 17 unspecified atom stereocenters. The van der Waals surface area contributed by atoms with E-state index in [0.717, 1.165) is 64.2 Å². The average molecular weight is 1200 g/mol. The van der Waals surface area contributed by atoms with Gasteiger partial charge in [-0.2, -0.15) is 0 Å². The maximum absolute atomic E-state index is 13.4. The molecule has 19 heteroatoms. The van der Waals surface area contributed by atoms with Crippen molar-refractivity contribution in [3.63, 3.8) is 0 Å². The molecule has 3 saturated heterocycles. The van der Waals surface area contributed by atoms with E-state index >= 15 is 0 Å². The molecule has 3 aliphatic heterocycles. The lowest BCUT2D eigenvalue weighted by Gasteiger charge is -2.48. The Balaban J connectivity index is 1.47. The monoisotopic (exact) mass is 1200 g/mol. The number of unbranched alkanes of at least 4 members (excludes halogenated alkanes) is 30. The molecule has 0 aliphatic carbocycles. The Morgan fingerprint density at radius 3 is 1.24 bits per heavy atom. The third kappa shape index (κ3) is 30.5. The number of ether oxygens (including phenoxy) is 6. The first-order chi connectivity index (χ1) is 40.8. The summed E-state index contributed by atoms with van der Waals surface area (Å²) in [4.78, 5) is 13.4. The fourth-order valence-electron chi connectivity index (χ4n) is 11.2. The lowest BCUT2D eigenvalue weighted by Crippen LogP contribution is -2.66. The Labute approximate surface area is 504 Å². The van der Waals surface area contributed by atoms with E-state index in [1.54, 1.807) is 6.08 Å². The molecule has 3 fully saturated rings. The summed E-state index contributed by atoms with van der Waals surface area (Å²) in [6.07, 6.45) is 26.8. The second-order valence-electron chi connectivity index (χ2n) is 23.9. The van der Waals surface area contributed by atoms with Gasteiger partial charge in [-0.05, 0) is 51.4 Å². The first-order valence-electron chi connectivity index (χ1n) is 33.2. The van der Waals surface area contributed by atoms with Crippen molar-refractivity contribution in [2.24, 2.45) is 0 Å². The predicted octanol–water partition coefficient (Wildman–Crippen LogP) is 7.66. The van der Waals surface area contributed by atoms with Gasteiger partial charge < -0.3 is 89.9 Å². The molecule has 3 rings (SSSR count). The average Bonchev–Trinajstić information content (AvgIpc) is 2.79. The molecule has 0 saturated carbocycles. The minimum atomic E-state index is -1.98. The molecule has 492 valence electrons. The molecule has 0 spiro atoms. The molecule has 17 atom stereocenters. The third-order valence-corrected chi connectivity index (χ3v) is 16.7. The van der Waals surface area contributed by atoms with Crippen molar-refractivity contribution in [3.05, 3.63) is 36.5 Å². The van der Waals surface area contributed by atoms with Gasteiger partial charge in [0.05, 0.1) is 38.6 Å². The molecule has 0 aromatic rings. The van der Waals surface area contributed by atoms with Crippen LogP contribution in [0, 0.1) is 0 Å². The number of hydrogen-bond acceptors (Lipinski definition) is 18. The van der Waals surface area contributed by atoms with E-state index < -0.39 is 124 Å². The van der Waals surface area contributed by atoms with E-state index in [1.165, 1.54) is 148 Å². The van der Waals surface area contributed by atoms with Crippen molar-refractivity contribution < 1.29 is 89.4 Å². The van der Waals surface area contributed by atoms with Crippen LogP contribution in [0.4, 0.5) is 0 Å². The van der Waals surface area contributed by atoms with Crippen molar-refractivity contribution in [3.8, 4) is 0 Å². The quantitative estimate of drug-likeness (QED) is 0.0205. The van der Waals surface area contributed by atoms with Crippen LogP contribution in [0.2, 0.25) is 0 Å². The zero-order chi connectivity index (χ0) is 61.2. The zero-order valence-electron chi connectivity index (χ0n) is 51.6. The molecule has 3 heterocycles. The van der Waals surface area contributed by atoms with Crippen molar-refractivity contribution in [2.75, 3.05) is 26.4 Å². The molecule has 1 amide bonds. The van der Waals surface area contributed by atoms with Crippen LogP contribution in [0.1, 0.15) is 239 Å². The summed E-state index contributed by atoms with van der Waals surface area (Å²) >= 11 is 0. The fourth-order valence-corrected chi connectivity index (χ4v) is 11.2. The number of amides is 1. The molecule has 0 aromatic carbocycles. The smallest absolute Gasteiger partial charge is 0.220 e. The maximum atomic E-state index is 13.4. The Morgan fingerprint density at radius 2 is 0.786 bits per heavy atom. The summed E-state index contributed by atoms with van der Waals surface area (Å²) in [6, 6.07) is -0.975. The Bertz CT molecular complexity index is 1670. The highest BCUT2D eigenvalue weighted by atomic mass is 16.8. The van der Waals surface area contributed by atoms with E-state index in [2.05, 4.69) is 43.5 Å². The largest absolute Gasteiger partial charge is 0.394 e. The summed E-state index contributed by atoms with van der Waals surface area (Å²) in [5.41, 5.74) is 0. The highest BCUT2D eigenvalue weighted by Gasteiger charge is 2.53. The minimum absolute atomic E-state index is 0.239. The van der Waals surface area contributed by atoms with Crippen molar-refractivity contribution in [1.82, 2.24) is 5.32 Å². The first-order valence-corrected chi connectivity index (χ1v) is 33.2. The van der Waals surface area contributed by atoms with Gasteiger partial charge in [0.25, 0.3) is 0 Å². The van der Waals surface area contributed by atoms with Gasteiger partial charge in [-0.25, -0.2) is 0 Å². The summed E-state index contributed by atoms with van der Waals surface area (Å²) < 4.78 is 34.3. The van der Waals surface area contributed by atoms with Crippen LogP contribution in [-0.4, -0.2) is 193 Å². The van der Waals surface area contributed by atoms with Gasteiger partial charge in [0.2, 0.25) is 5.91 Å². The van der Waals surface area contributed by atoms with Gasteiger partial charge in [-0.1, -0.05) is 217 Å². The van der Waals surface area contributed by atoms with E-state index in [-0.39, 0.29) is 18.9 Å². The first kappa shape index (κ1) is 76.3. The summed E-state index contributed by atoms with van der Waals surface area (Å²) in [5, 5.41) is 120. The molecule has 3 aliphatic rings. The predicted molar refractivity (Wildman–Crippen MR) is 323 cm³/mol. The van der Waals surface area contributed by atoms with Crippen LogP contribution in [0.25, 0.3) is 0 Å². The molecule has 19 nitrogen and oxygen atoms in total. The third-order valence-electron chi connectivity index (χ3n) is 16.7. The standard InChI is InChI=1S/C65H119NO18/c1-3-5-7-9-11-13-15-17-19-21-23-25-26-28-30-32-34-36-38-40-42-49(70)48(66-53(71)43-41-39-37-35-33-31-29-27-24-22-20-18-16-14-12-10-8-6-4-2)47-79-63-59(77)56(74)61(51(45-68)81-63)84-65-60(78)57(75)62(52(46-69)82-65)83-64-58(76)55(73)54(72)50(44-67)80-64/h12,14,18,20,40,42,48-52,54-65,67-70,72-78H,3-11,13,15-17,19,21-39,41,43-47H2,1-2H3,(H,66,71)/b14-12-,20-18-,42-40+. The number of aliphatic hydroxyl groups is 11.